The van der Waals surface area contributed by atoms with Crippen molar-refractivity contribution in [1.29, 1.82) is 0 Å². The summed E-state index contributed by atoms with van der Waals surface area (Å²) in [4.78, 5) is 2.09. The SMILES string of the molecule is Cc1s/c(=N/N=C\c2ccc(O)cc2)n(CCc2ccccc2)c1-c1ccccc1. The van der Waals surface area contributed by atoms with Gasteiger partial charge in [0.15, 0.2) is 0 Å². The lowest BCUT2D eigenvalue weighted by atomic mass is 10.1. The molecule has 0 radical (unpaired) electrons. The van der Waals surface area contributed by atoms with Gasteiger partial charge in [0.2, 0.25) is 4.80 Å². The van der Waals surface area contributed by atoms with Crippen molar-refractivity contribution >= 4 is 17.6 Å². The van der Waals surface area contributed by atoms with Crippen LogP contribution in [-0.4, -0.2) is 15.9 Å². The molecule has 0 aliphatic heterocycles. The maximum atomic E-state index is 9.42. The fourth-order valence-electron chi connectivity index (χ4n) is 3.35. The first-order chi connectivity index (χ1) is 14.7. The summed E-state index contributed by atoms with van der Waals surface area (Å²) in [6.07, 6.45) is 2.63. The first-order valence-corrected chi connectivity index (χ1v) is 10.7. The normalized spacial score (nSPS) is 12.0. The van der Waals surface area contributed by atoms with Gasteiger partial charge < -0.3 is 9.67 Å². The predicted molar refractivity (Wildman–Crippen MR) is 124 cm³/mol. The van der Waals surface area contributed by atoms with Crippen molar-refractivity contribution in [1.82, 2.24) is 4.57 Å². The molecule has 0 fully saturated rings. The number of hydrogen-bond acceptors (Lipinski definition) is 4. The van der Waals surface area contributed by atoms with Gasteiger partial charge >= 0.3 is 0 Å². The minimum atomic E-state index is 0.240. The Balaban J connectivity index is 1.70. The second-order valence-corrected chi connectivity index (χ2v) is 8.16. The van der Waals surface area contributed by atoms with Crippen molar-refractivity contribution in [3.63, 3.8) is 0 Å². The first-order valence-electron chi connectivity index (χ1n) is 9.86. The molecule has 0 amide bonds. The van der Waals surface area contributed by atoms with E-state index in [4.69, 9.17) is 0 Å². The van der Waals surface area contributed by atoms with Gasteiger partial charge in [-0.25, -0.2) is 0 Å². The molecule has 0 spiro atoms. The van der Waals surface area contributed by atoms with Crippen LogP contribution in [0.15, 0.2) is 95.1 Å². The molecule has 1 heterocycles. The molecule has 5 heteroatoms. The van der Waals surface area contributed by atoms with Gasteiger partial charge in [-0.1, -0.05) is 72.0 Å². The van der Waals surface area contributed by atoms with E-state index < -0.39 is 0 Å². The third-order valence-electron chi connectivity index (χ3n) is 4.84. The van der Waals surface area contributed by atoms with Gasteiger partial charge in [-0.15, -0.1) is 5.10 Å². The Morgan fingerprint density at radius 1 is 0.900 bits per heavy atom. The quantitative estimate of drug-likeness (QED) is 0.334. The summed E-state index contributed by atoms with van der Waals surface area (Å²) in [5, 5.41) is 18.3. The molecule has 4 rings (SSSR count). The molecule has 4 aromatic rings. The summed E-state index contributed by atoms with van der Waals surface area (Å²) >= 11 is 1.65. The van der Waals surface area contributed by atoms with Crippen LogP contribution >= 0.6 is 11.3 Å². The van der Waals surface area contributed by atoms with Crippen molar-refractivity contribution < 1.29 is 5.11 Å². The van der Waals surface area contributed by atoms with Gasteiger partial charge in [-0.05, 0) is 54.3 Å². The minimum Gasteiger partial charge on any atom is -0.508 e. The molecule has 30 heavy (non-hydrogen) atoms. The third kappa shape index (κ3) is 4.75. The van der Waals surface area contributed by atoms with Crippen LogP contribution in [0.3, 0.4) is 0 Å². The van der Waals surface area contributed by atoms with Crippen LogP contribution in [0.2, 0.25) is 0 Å². The second kappa shape index (κ2) is 9.37. The number of thiazole rings is 1. The van der Waals surface area contributed by atoms with Crippen LogP contribution in [0, 0.1) is 6.92 Å². The Kier molecular flexibility index (Phi) is 6.20. The number of aromatic nitrogens is 1. The minimum absolute atomic E-state index is 0.240. The molecular weight excluding hydrogens is 390 g/mol. The average molecular weight is 414 g/mol. The molecule has 0 saturated carbocycles. The summed E-state index contributed by atoms with van der Waals surface area (Å²) in [5.41, 5.74) is 4.56. The van der Waals surface area contributed by atoms with E-state index in [2.05, 4.69) is 70.2 Å². The molecule has 4 nitrogen and oxygen atoms in total. The Hall–Kier alpha value is -3.44. The highest BCUT2D eigenvalue weighted by Gasteiger charge is 2.12. The van der Waals surface area contributed by atoms with E-state index >= 15 is 0 Å². The van der Waals surface area contributed by atoms with Crippen molar-refractivity contribution in [3.05, 3.63) is 106 Å². The fourth-order valence-corrected chi connectivity index (χ4v) is 4.33. The number of nitrogens with zero attached hydrogens (tertiary/aromatic N) is 3. The zero-order valence-corrected chi connectivity index (χ0v) is 17.6. The van der Waals surface area contributed by atoms with Gasteiger partial charge in [-0.3, -0.25) is 0 Å². The van der Waals surface area contributed by atoms with E-state index in [9.17, 15) is 5.11 Å². The molecule has 0 atom stereocenters. The van der Waals surface area contributed by atoms with Gasteiger partial charge in [0.1, 0.15) is 5.75 Å². The molecule has 0 aliphatic rings. The van der Waals surface area contributed by atoms with E-state index in [1.807, 2.05) is 24.3 Å². The first kappa shape index (κ1) is 19.9. The summed E-state index contributed by atoms with van der Waals surface area (Å²) in [7, 11) is 0. The second-order valence-electron chi connectivity index (χ2n) is 6.98. The van der Waals surface area contributed by atoms with Crippen LogP contribution in [0.4, 0.5) is 0 Å². The van der Waals surface area contributed by atoms with Gasteiger partial charge in [0, 0.05) is 11.4 Å². The van der Waals surface area contributed by atoms with E-state index in [0.717, 1.165) is 23.3 Å². The Morgan fingerprint density at radius 2 is 1.57 bits per heavy atom. The Morgan fingerprint density at radius 3 is 2.27 bits per heavy atom. The highest BCUT2D eigenvalue weighted by atomic mass is 32.1. The number of rotatable bonds is 6. The average Bonchev–Trinajstić information content (AvgIpc) is 3.10. The molecule has 150 valence electrons. The third-order valence-corrected chi connectivity index (χ3v) is 5.82. The van der Waals surface area contributed by atoms with Crippen LogP contribution in [-0.2, 0) is 13.0 Å². The van der Waals surface area contributed by atoms with E-state index in [1.54, 1.807) is 29.7 Å². The summed E-state index contributed by atoms with van der Waals surface area (Å²) in [6.45, 7) is 2.96. The van der Waals surface area contributed by atoms with Gasteiger partial charge in [-0.2, -0.15) is 5.10 Å². The molecule has 0 aliphatic carbocycles. The largest absolute Gasteiger partial charge is 0.508 e. The molecule has 1 N–H and O–H groups in total. The van der Waals surface area contributed by atoms with Crippen LogP contribution in [0.1, 0.15) is 16.0 Å². The molecular formula is C25H23N3OS. The molecule has 3 aromatic carbocycles. The summed E-state index contributed by atoms with van der Waals surface area (Å²) < 4.78 is 2.26. The maximum Gasteiger partial charge on any atom is 0.211 e. The standard InChI is InChI=1S/C25H23N3OS/c1-19-24(22-10-6-3-7-11-22)28(17-16-20-8-4-2-5-9-20)25(30-19)27-26-18-21-12-14-23(29)15-13-21/h2-15,18,29H,16-17H2,1H3/b26-18-,27-25+. The number of aromatic hydroxyl groups is 1. The van der Waals surface area contributed by atoms with Crippen LogP contribution < -0.4 is 4.80 Å². The maximum absolute atomic E-state index is 9.42. The molecule has 0 unspecified atom stereocenters. The summed E-state index contributed by atoms with van der Waals surface area (Å²) in [6, 6.07) is 27.8. The number of phenols is 1. The van der Waals surface area contributed by atoms with E-state index in [-0.39, 0.29) is 5.75 Å². The van der Waals surface area contributed by atoms with Crippen molar-refractivity contribution in [2.45, 2.75) is 19.9 Å². The van der Waals surface area contributed by atoms with Crippen LogP contribution in [0.25, 0.3) is 11.3 Å². The highest BCUT2D eigenvalue weighted by Crippen LogP contribution is 2.25. The lowest BCUT2D eigenvalue weighted by Gasteiger charge is -2.10. The van der Waals surface area contributed by atoms with Crippen molar-refractivity contribution in [2.75, 3.05) is 0 Å². The number of hydrogen-bond donors (Lipinski definition) is 1. The molecule has 1 aromatic heterocycles. The zero-order chi connectivity index (χ0) is 20.8. The number of aryl methyl sites for hydroxylation is 2. The summed E-state index contributed by atoms with van der Waals surface area (Å²) in [5.74, 6) is 0.240. The molecule has 0 saturated heterocycles. The number of benzene rings is 3. The smallest absolute Gasteiger partial charge is 0.211 e. The van der Waals surface area contributed by atoms with E-state index in [0.29, 0.717) is 0 Å². The Bertz CT molecular complexity index is 1190. The van der Waals surface area contributed by atoms with Crippen molar-refractivity contribution in [3.8, 4) is 17.0 Å². The zero-order valence-electron chi connectivity index (χ0n) is 16.8. The fraction of sp³-hybridized carbons (Fsp3) is 0.120. The topological polar surface area (TPSA) is 49.9 Å². The predicted octanol–water partition coefficient (Wildman–Crippen LogP) is 5.41. The van der Waals surface area contributed by atoms with Crippen molar-refractivity contribution in [2.24, 2.45) is 10.2 Å². The lowest BCUT2D eigenvalue weighted by molar-refractivity contribution is 0.475. The van der Waals surface area contributed by atoms with Crippen LogP contribution in [0.5, 0.6) is 5.75 Å². The monoisotopic (exact) mass is 413 g/mol. The highest BCUT2D eigenvalue weighted by molar-refractivity contribution is 7.09. The number of phenolic OH excluding ortho intramolecular Hbond substituents is 1. The Labute approximate surface area is 180 Å². The lowest BCUT2D eigenvalue weighted by Crippen LogP contribution is -2.17. The van der Waals surface area contributed by atoms with Gasteiger partial charge in [0.05, 0.1) is 11.9 Å². The van der Waals surface area contributed by atoms with Gasteiger partial charge in [0.25, 0.3) is 0 Å². The molecule has 0 bridgehead atoms. The van der Waals surface area contributed by atoms with E-state index in [1.165, 1.54) is 21.7 Å².